The average Bonchev–Trinajstić information content (AvgIpc) is 2.47. The van der Waals surface area contributed by atoms with Gasteiger partial charge in [0.2, 0.25) is 0 Å². The SMILES string of the molecule is CCC1CN(c2ccccc2CNCC(C)C)CCO1. The van der Waals surface area contributed by atoms with Crippen LogP contribution in [0.4, 0.5) is 5.69 Å². The Morgan fingerprint density at radius 1 is 1.35 bits per heavy atom. The van der Waals surface area contributed by atoms with E-state index in [2.05, 4.69) is 55.3 Å². The molecular formula is C17H28N2O. The molecule has 1 atom stereocenters. The molecule has 0 spiro atoms. The van der Waals surface area contributed by atoms with Crippen LogP contribution in [0.3, 0.4) is 0 Å². The monoisotopic (exact) mass is 276 g/mol. The van der Waals surface area contributed by atoms with Gasteiger partial charge in [0.1, 0.15) is 0 Å². The van der Waals surface area contributed by atoms with Crippen molar-refractivity contribution in [3.05, 3.63) is 29.8 Å². The molecule has 3 heteroatoms. The van der Waals surface area contributed by atoms with E-state index in [1.807, 2.05) is 0 Å². The first kappa shape index (κ1) is 15.3. The number of nitrogens with one attached hydrogen (secondary N) is 1. The van der Waals surface area contributed by atoms with Crippen LogP contribution in [0.1, 0.15) is 32.8 Å². The molecule has 3 nitrogen and oxygen atoms in total. The van der Waals surface area contributed by atoms with Gasteiger partial charge in [-0.2, -0.15) is 0 Å². The molecule has 20 heavy (non-hydrogen) atoms. The third-order valence-corrected chi connectivity index (χ3v) is 3.79. The van der Waals surface area contributed by atoms with Crippen LogP contribution in [0.25, 0.3) is 0 Å². The highest BCUT2D eigenvalue weighted by Gasteiger charge is 2.20. The summed E-state index contributed by atoms with van der Waals surface area (Å²) in [6.07, 6.45) is 1.46. The van der Waals surface area contributed by atoms with Crippen molar-refractivity contribution in [2.24, 2.45) is 5.92 Å². The van der Waals surface area contributed by atoms with Crippen LogP contribution in [-0.2, 0) is 11.3 Å². The van der Waals surface area contributed by atoms with E-state index in [1.54, 1.807) is 0 Å². The summed E-state index contributed by atoms with van der Waals surface area (Å²) in [6.45, 7) is 11.5. The van der Waals surface area contributed by atoms with E-state index in [-0.39, 0.29) is 0 Å². The molecule has 1 aromatic carbocycles. The lowest BCUT2D eigenvalue weighted by molar-refractivity contribution is 0.0384. The molecule has 1 fully saturated rings. The zero-order chi connectivity index (χ0) is 14.4. The Morgan fingerprint density at radius 3 is 2.90 bits per heavy atom. The summed E-state index contributed by atoms with van der Waals surface area (Å²) < 4.78 is 5.77. The van der Waals surface area contributed by atoms with E-state index < -0.39 is 0 Å². The van der Waals surface area contributed by atoms with Crippen molar-refractivity contribution in [3.8, 4) is 0 Å². The molecule has 1 aliphatic rings. The van der Waals surface area contributed by atoms with Crippen molar-refractivity contribution in [1.29, 1.82) is 0 Å². The molecule has 1 aliphatic heterocycles. The Balaban J connectivity index is 2.03. The van der Waals surface area contributed by atoms with E-state index in [9.17, 15) is 0 Å². The summed E-state index contributed by atoms with van der Waals surface area (Å²) in [5, 5.41) is 3.55. The predicted octanol–water partition coefficient (Wildman–Crippen LogP) is 3.05. The van der Waals surface area contributed by atoms with E-state index in [4.69, 9.17) is 4.74 Å². The van der Waals surface area contributed by atoms with Crippen LogP contribution in [-0.4, -0.2) is 32.3 Å². The Bertz CT molecular complexity index is 406. The minimum absolute atomic E-state index is 0.375. The van der Waals surface area contributed by atoms with Crippen LogP contribution < -0.4 is 10.2 Å². The van der Waals surface area contributed by atoms with Crippen molar-refractivity contribution in [2.75, 3.05) is 31.1 Å². The zero-order valence-electron chi connectivity index (χ0n) is 13.1. The van der Waals surface area contributed by atoms with Gasteiger partial charge in [0, 0.05) is 25.3 Å². The smallest absolute Gasteiger partial charge is 0.0748 e. The number of hydrogen-bond donors (Lipinski definition) is 1. The quantitative estimate of drug-likeness (QED) is 0.864. The fraction of sp³-hybridized carbons (Fsp3) is 0.647. The lowest BCUT2D eigenvalue weighted by atomic mass is 10.1. The van der Waals surface area contributed by atoms with Gasteiger partial charge in [0.05, 0.1) is 12.7 Å². The first-order valence-electron chi connectivity index (χ1n) is 7.86. The number of benzene rings is 1. The minimum atomic E-state index is 0.375. The highest BCUT2D eigenvalue weighted by molar-refractivity contribution is 5.54. The van der Waals surface area contributed by atoms with Gasteiger partial charge in [0.25, 0.3) is 0 Å². The molecule has 2 rings (SSSR count). The summed E-state index contributed by atoms with van der Waals surface area (Å²) in [5.41, 5.74) is 2.76. The van der Waals surface area contributed by atoms with E-state index >= 15 is 0 Å². The number of morpholine rings is 1. The standard InChI is InChI=1S/C17H28N2O/c1-4-16-13-19(9-10-20-16)17-8-6-5-7-15(17)12-18-11-14(2)3/h5-8,14,16,18H,4,9-13H2,1-3H3. The van der Waals surface area contributed by atoms with Gasteiger partial charge in [-0.1, -0.05) is 39.0 Å². The fourth-order valence-corrected chi connectivity index (χ4v) is 2.65. The molecular weight excluding hydrogens is 248 g/mol. The van der Waals surface area contributed by atoms with Crippen molar-refractivity contribution < 1.29 is 4.74 Å². The Hall–Kier alpha value is -1.06. The zero-order valence-corrected chi connectivity index (χ0v) is 13.1. The van der Waals surface area contributed by atoms with Crippen LogP contribution in [0.2, 0.25) is 0 Å². The summed E-state index contributed by atoms with van der Waals surface area (Å²) in [6, 6.07) is 8.74. The van der Waals surface area contributed by atoms with Gasteiger partial charge < -0.3 is 15.0 Å². The van der Waals surface area contributed by atoms with Crippen molar-refractivity contribution in [3.63, 3.8) is 0 Å². The number of hydrogen-bond acceptors (Lipinski definition) is 3. The summed E-state index contributed by atoms with van der Waals surface area (Å²) in [7, 11) is 0. The Labute approximate surface area is 123 Å². The molecule has 0 amide bonds. The van der Waals surface area contributed by atoms with Crippen LogP contribution in [0, 0.1) is 5.92 Å². The summed E-state index contributed by atoms with van der Waals surface area (Å²) in [5.74, 6) is 0.690. The second-order valence-corrected chi connectivity index (χ2v) is 6.00. The molecule has 0 aromatic heterocycles. The molecule has 112 valence electrons. The van der Waals surface area contributed by atoms with Gasteiger partial charge in [-0.05, 0) is 30.5 Å². The lowest BCUT2D eigenvalue weighted by Crippen LogP contribution is -2.42. The van der Waals surface area contributed by atoms with Crippen molar-refractivity contribution in [1.82, 2.24) is 5.32 Å². The van der Waals surface area contributed by atoms with E-state index in [1.165, 1.54) is 11.3 Å². The molecule has 0 bridgehead atoms. The number of rotatable bonds is 6. The maximum absolute atomic E-state index is 5.77. The lowest BCUT2D eigenvalue weighted by Gasteiger charge is -2.35. The average molecular weight is 276 g/mol. The van der Waals surface area contributed by atoms with Gasteiger partial charge in [-0.15, -0.1) is 0 Å². The highest BCUT2D eigenvalue weighted by atomic mass is 16.5. The fourth-order valence-electron chi connectivity index (χ4n) is 2.65. The number of para-hydroxylation sites is 1. The van der Waals surface area contributed by atoms with Gasteiger partial charge in [-0.25, -0.2) is 0 Å². The van der Waals surface area contributed by atoms with Crippen LogP contribution >= 0.6 is 0 Å². The second kappa shape index (κ2) is 7.65. The molecule has 0 aliphatic carbocycles. The third kappa shape index (κ3) is 4.22. The topological polar surface area (TPSA) is 24.5 Å². The number of ether oxygens (including phenoxy) is 1. The maximum Gasteiger partial charge on any atom is 0.0748 e. The molecule has 0 saturated carbocycles. The predicted molar refractivity (Wildman–Crippen MR) is 85.2 cm³/mol. The van der Waals surface area contributed by atoms with Crippen LogP contribution in [0.15, 0.2) is 24.3 Å². The third-order valence-electron chi connectivity index (χ3n) is 3.79. The largest absolute Gasteiger partial charge is 0.375 e. The maximum atomic E-state index is 5.77. The van der Waals surface area contributed by atoms with Gasteiger partial charge in [-0.3, -0.25) is 0 Å². The van der Waals surface area contributed by atoms with Crippen molar-refractivity contribution >= 4 is 5.69 Å². The van der Waals surface area contributed by atoms with E-state index in [0.717, 1.165) is 39.2 Å². The summed E-state index contributed by atoms with van der Waals surface area (Å²) >= 11 is 0. The van der Waals surface area contributed by atoms with Gasteiger partial charge in [0.15, 0.2) is 0 Å². The molecule has 1 aromatic rings. The molecule has 1 unspecified atom stereocenters. The number of nitrogens with zero attached hydrogens (tertiary/aromatic N) is 1. The second-order valence-electron chi connectivity index (χ2n) is 6.00. The van der Waals surface area contributed by atoms with Gasteiger partial charge >= 0.3 is 0 Å². The first-order chi connectivity index (χ1) is 9.70. The highest BCUT2D eigenvalue weighted by Crippen LogP contribution is 2.23. The number of anilines is 1. The summed E-state index contributed by atoms with van der Waals surface area (Å²) in [4.78, 5) is 2.48. The minimum Gasteiger partial charge on any atom is -0.375 e. The Kier molecular flexibility index (Phi) is 5.86. The molecule has 1 saturated heterocycles. The molecule has 1 N–H and O–H groups in total. The van der Waals surface area contributed by atoms with Crippen LogP contribution in [0.5, 0.6) is 0 Å². The molecule has 1 heterocycles. The molecule has 0 radical (unpaired) electrons. The Morgan fingerprint density at radius 2 is 2.15 bits per heavy atom. The normalized spacial score (nSPS) is 19.6. The van der Waals surface area contributed by atoms with Crippen molar-refractivity contribution in [2.45, 2.75) is 39.8 Å². The first-order valence-corrected chi connectivity index (χ1v) is 7.86. The van der Waals surface area contributed by atoms with E-state index in [0.29, 0.717) is 12.0 Å².